The van der Waals surface area contributed by atoms with Gasteiger partial charge in [-0.15, -0.1) is 0 Å². The second kappa shape index (κ2) is 7.09. The van der Waals surface area contributed by atoms with Gasteiger partial charge in [-0.2, -0.15) is 0 Å². The summed E-state index contributed by atoms with van der Waals surface area (Å²) in [5, 5.41) is 2.80. The standard InChI is InChI=1S/C19H22N2O6/c1-11(18(23)20-13-2-3-13)27-19(24)12-8-17(22)21(10-12)14-4-5-15-16(9-14)26-7-6-25-15/h4-5,9,11-13H,2-3,6-8,10H2,1H3,(H,20,23)/t11-,12-/m1/s1. The predicted molar refractivity (Wildman–Crippen MR) is 94.6 cm³/mol. The number of rotatable bonds is 5. The highest BCUT2D eigenvalue weighted by Crippen LogP contribution is 2.36. The summed E-state index contributed by atoms with van der Waals surface area (Å²) in [6, 6.07) is 5.47. The Labute approximate surface area is 156 Å². The summed E-state index contributed by atoms with van der Waals surface area (Å²) in [5.41, 5.74) is 0.652. The summed E-state index contributed by atoms with van der Waals surface area (Å²) >= 11 is 0. The number of hydrogen-bond acceptors (Lipinski definition) is 6. The Morgan fingerprint density at radius 2 is 1.96 bits per heavy atom. The Bertz CT molecular complexity index is 775. The molecule has 0 spiro atoms. The van der Waals surface area contributed by atoms with E-state index in [1.54, 1.807) is 30.0 Å². The second-order valence-electron chi connectivity index (χ2n) is 7.10. The van der Waals surface area contributed by atoms with Crippen LogP contribution in [0.3, 0.4) is 0 Å². The Morgan fingerprint density at radius 3 is 2.70 bits per heavy atom. The summed E-state index contributed by atoms with van der Waals surface area (Å²) in [7, 11) is 0. The molecule has 4 rings (SSSR count). The first-order chi connectivity index (χ1) is 13.0. The Morgan fingerprint density at radius 1 is 1.22 bits per heavy atom. The Hall–Kier alpha value is -2.77. The molecule has 27 heavy (non-hydrogen) atoms. The van der Waals surface area contributed by atoms with Crippen LogP contribution in [0, 0.1) is 5.92 Å². The fraction of sp³-hybridized carbons (Fsp3) is 0.526. The van der Waals surface area contributed by atoms with Crippen LogP contribution in [0.2, 0.25) is 0 Å². The average Bonchev–Trinajstić information content (AvgIpc) is 3.39. The fourth-order valence-electron chi connectivity index (χ4n) is 3.19. The van der Waals surface area contributed by atoms with Crippen molar-refractivity contribution in [2.24, 2.45) is 5.92 Å². The number of ether oxygens (including phenoxy) is 3. The van der Waals surface area contributed by atoms with Crippen molar-refractivity contribution in [3.8, 4) is 11.5 Å². The van der Waals surface area contributed by atoms with E-state index in [1.807, 2.05) is 0 Å². The third-order valence-electron chi connectivity index (χ3n) is 4.88. The van der Waals surface area contributed by atoms with Crippen LogP contribution in [0.1, 0.15) is 26.2 Å². The van der Waals surface area contributed by atoms with E-state index < -0.39 is 18.0 Å². The molecule has 1 saturated carbocycles. The third kappa shape index (κ3) is 3.84. The Balaban J connectivity index is 1.38. The van der Waals surface area contributed by atoms with Gasteiger partial charge in [-0.3, -0.25) is 14.4 Å². The third-order valence-corrected chi connectivity index (χ3v) is 4.88. The van der Waals surface area contributed by atoms with E-state index >= 15 is 0 Å². The maximum Gasteiger partial charge on any atom is 0.312 e. The lowest BCUT2D eigenvalue weighted by Crippen LogP contribution is -2.38. The molecule has 0 bridgehead atoms. The van der Waals surface area contributed by atoms with Crippen molar-refractivity contribution in [3.63, 3.8) is 0 Å². The van der Waals surface area contributed by atoms with E-state index in [1.165, 1.54) is 0 Å². The van der Waals surface area contributed by atoms with Crippen molar-refractivity contribution in [2.45, 2.75) is 38.3 Å². The summed E-state index contributed by atoms with van der Waals surface area (Å²) in [6.07, 6.45) is 1.13. The molecule has 2 atom stereocenters. The number of nitrogens with one attached hydrogen (secondary N) is 1. The largest absolute Gasteiger partial charge is 0.486 e. The van der Waals surface area contributed by atoms with Gasteiger partial charge < -0.3 is 24.4 Å². The van der Waals surface area contributed by atoms with Crippen LogP contribution in [0.5, 0.6) is 11.5 Å². The molecule has 3 aliphatic rings. The van der Waals surface area contributed by atoms with Crippen LogP contribution < -0.4 is 19.7 Å². The number of anilines is 1. The van der Waals surface area contributed by atoms with Gasteiger partial charge in [0, 0.05) is 30.8 Å². The minimum absolute atomic E-state index is 0.0598. The number of nitrogens with zero attached hydrogens (tertiary/aromatic N) is 1. The number of amides is 2. The van der Waals surface area contributed by atoms with Gasteiger partial charge in [0.2, 0.25) is 5.91 Å². The highest BCUT2D eigenvalue weighted by Gasteiger charge is 2.38. The molecule has 1 saturated heterocycles. The van der Waals surface area contributed by atoms with Crippen molar-refractivity contribution < 1.29 is 28.6 Å². The minimum atomic E-state index is -0.864. The Kier molecular flexibility index (Phi) is 4.63. The zero-order chi connectivity index (χ0) is 19.0. The molecule has 1 aliphatic carbocycles. The van der Waals surface area contributed by atoms with Gasteiger partial charge in [0.25, 0.3) is 5.91 Å². The van der Waals surface area contributed by atoms with E-state index in [0.717, 1.165) is 12.8 Å². The van der Waals surface area contributed by atoms with Gasteiger partial charge in [-0.25, -0.2) is 0 Å². The first-order valence-electron chi connectivity index (χ1n) is 9.22. The lowest BCUT2D eigenvalue weighted by Gasteiger charge is -2.22. The zero-order valence-electron chi connectivity index (χ0n) is 15.1. The molecular formula is C19H22N2O6. The highest BCUT2D eigenvalue weighted by molar-refractivity contribution is 6.00. The van der Waals surface area contributed by atoms with E-state index in [9.17, 15) is 14.4 Å². The first-order valence-corrected chi connectivity index (χ1v) is 9.22. The lowest BCUT2D eigenvalue weighted by molar-refractivity contribution is -0.158. The van der Waals surface area contributed by atoms with E-state index in [-0.39, 0.29) is 30.8 Å². The molecule has 2 amide bonds. The van der Waals surface area contributed by atoms with Gasteiger partial charge in [-0.1, -0.05) is 0 Å². The molecule has 1 aromatic rings. The number of hydrogen-bond donors (Lipinski definition) is 1. The van der Waals surface area contributed by atoms with Gasteiger partial charge in [0.05, 0.1) is 5.92 Å². The number of carbonyl (C=O) groups excluding carboxylic acids is 3. The van der Waals surface area contributed by atoms with Crippen LogP contribution in [0.25, 0.3) is 0 Å². The van der Waals surface area contributed by atoms with Crippen LogP contribution in [-0.2, 0) is 19.1 Å². The van der Waals surface area contributed by atoms with Crippen molar-refractivity contribution in [3.05, 3.63) is 18.2 Å². The van der Waals surface area contributed by atoms with Gasteiger partial charge in [-0.05, 0) is 31.9 Å². The molecule has 2 aliphatic heterocycles. The summed E-state index contributed by atoms with van der Waals surface area (Å²) < 4.78 is 16.3. The van der Waals surface area contributed by atoms with Crippen molar-refractivity contribution >= 4 is 23.5 Å². The summed E-state index contributed by atoms with van der Waals surface area (Å²) in [5.74, 6) is -0.350. The van der Waals surface area contributed by atoms with E-state index in [2.05, 4.69) is 5.32 Å². The average molecular weight is 374 g/mol. The predicted octanol–water partition coefficient (Wildman–Crippen LogP) is 1.02. The SMILES string of the molecule is C[C@@H](OC(=O)[C@@H]1CC(=O)N(c2ccc3c(c2)OCCO3)C1)C(=O)NC1CC1. The van der Waals surface area contributed by atoms with Gasteiger partial charge in [0.1, 0.15) is 13.2 Å². The molecule has 1 aromatic carbocycles. The molecule has 2 fully saturated rings. The van der Waals surface area contributed by atoms with Gasteiger partial charge in [0.15, 0.2) is 17.6 Å². The maximum absolute atomic E-state index is 12.4. The molecular weight excluding hydrogens is 352 g/mol. The number of carbonyl (C=O) groups is 3. The quantitative estimate of drug-likeness (QED) is 0.774. The summed E-state index contributed by atoms with van der Waals surface area (Å²) in [4.78, 5) is 38.3. The fourth-order valence-corrected chi connectivity index (χ4v) is 3.19. The van der Waals surface area contributed by atoms with Crippen LogP contribution in [0.15, 0.2) is 18.2 Å². The molecule has 2 heterocycles. The van der Waals surface area contributed by atoms with Crippen LogP contribution in [0.4, 0.5) is 5.69 Å². The highest BCUT2D eigenvalue weighted by atomic mass is 16.6. The molecule has 0 aromatic heterocycles. The monoisotopic (exact) mass is 374 g/mol. The van der Waals surface area contributed by atoms with Crippen molar-refractivity contribution in [1.29, 1.82) is 0 Å². The molecule has 8 nitrogen and oxygen atoms in total. The smallest absolute Gasteiger partial charge is 0.312 e. The first kappa shape index (κ1) is 17.6. The number of benzene rings is 1. The van der Waals surface area contributed by atoms with Crippen LogP contribution >= 0.6 is 0 Å². The number of fused-ring (bicyclic) bond motifs is 1. The molecule has 8 heteroatoms. The molecule has 144 valence electrons. The molecule has 0 unspecified atom stereocenters. The summed E-state index contributed by atoms with van der Waals surface area (Å²) in [6.45, 7) is 2.72. The molecule has 1 N–H and O–H groups in total. The normalized spacial score (nSPS) is 22.3. The van der Waals surface area contributed by atoms with Crippen LogP contribution in [-0.4, -0.2) is 49.7 Å². The molecule has 0 radical (unpaired) electrons. The zero-order valence-corrected chi connectivity index (χ0v) is 15.1. The number of esters is 1. The van der Waals surface area contributed by atoms with E-state index in [4.69, 9.17) is 14.2 Å². The van der Waals surface area contributed by atoms with Crippen molar-refractivity contribution in [2.75, 3.05) is 24.7 Å². The van der Waals surface area contributed by atoms with E-state index in [0.29, 0.717) is 30.4 Å². The maximum atomic E-state index is 12.4. The minimum Gasteiger partial charge on any atom is -0.486 e. The topological polar surface area (TPSA) is 94.2 Å². The second-order valence-corrected chi connectivity index (χ2v) is 7.10. The van der Waals surface area contributed by atoms with Gasteiger partial charge >= 0.3 is 5.97 Å². The lowest BCUT2D eigenvalue weighted by atomic mass is 10.1. The van der Waals surface area contributed by atoms with Crippen molar-refractivity contribution in [1.82, 2.24) is 5.32 Å².